The molecular weight excluding hydrogens is 400 g/mol. The summed E-state index contributed by atoms with van der Waals surface area (Å²) in [6, 6.07) is 6.57. The number of aliphatic hydroxyl groups excluding tert-OH is 2. The van der Waals surface area contributed by atoms with Crippen LogP contribution in [0.5, 0.6) is 23.0 Å². The second-order valence-corrected chi connectivity index (χ2v) is 7.44. The number of carbonyl (C=O) groups is 1. The first kappa shape index (κ1) is 22.5. The van der Waals surface area contributed by atoms with Crippen LogP contribution in [0.2, 0.25) is 0 Å². The van der Waals surface area contributed by atoms with Gasteiger partial charge < -0.3 is 29.9 Å². The largest absolute Gasteiger partial charge is 0.504 e. The van der Waals surface area contributed by atoms with Crippen LogP contribution in [0.15, 0.2) is 24.3 Å². The topological polar surface area (TPSA) is 116 Å². The molecule has 0 aliphatic heterocycles. The van der Waals surface area contributed by atoms with Gasteiger partial charge in [0.1, 0.15) is 5.78 Å². The highest BCUT2D eigenvalue weighted by Crippen LogP contribution is 2.34. The average Bonchev–Trinajstić information content (AvgIpc) is 2.74. The molecule has 2 bridgehead atoms. The molecule has 0 saturated heterocycles. The summed E-state index contributed by atoms with van der Waals surface area (Å²) in [5, 5.41) is 40.0. The van der Waals surface area contributed by atoms with Crippen molar-refractivity contribution in [2.45, 2.75) is 44.6 Å². The smallest absolute Gasteiger partial charge is 0.186 e. The van der Waals surface area contributed by atoms with Crippen LogP contribution in [0.3, 0.4) is 0 Å². The zero-order valence-electron chi connectivity index (χ0n) is 17.4. The lowest BCUT2D eigenvalue weighted by Gasteiger charge is -2.13. The van der Waals surface area contributed by atoms with E-state index in [9.17, 15) is 20.1 Å². The molecule has 1 atom stereocenters. The standard InChI is InChI=1S/C24H26O7/c1-30-24-20-4-2-3-17-11-15(12-22(23(17)29)31-14-25)5-8-18(26)13-19(27)9-6-16(20)7-10-21(24)28/h7,10-12,18,25-26,28-29H,3,5-6,8-9,13-14H2,1H3. The van der Waals surface area contributed by atoms with E-state index in [1.807, 2.05) is 0 Å². The number of phenolic OH excluding ortho intramolecular Hbond substituents is 2. The summed E-state index contributed by atoms with van der Waals surface area (Å²) >= 11 is 0. The van der Waals surface area contributed by atoms with Crippen LogP contribution < -0.4 is 9.47 Å². The third kappa shape index (κ3) is 5.48. The second kappa shape index (κ2) is 10.2. The van der Waals surface area contributed by atoms with Gasteiger partial charge in [0.05, 0.1) is 18.8 Å². The molecule has 0 spiro atoms. The molecule has 1 aliphatic rings. The summed E-state index contributed by atoms with van der Waals surface area (Å²) in [4.78, 5) is 12.4. The molecule has 7 nitrogen and oxygen atoms in total. The normalized spacial score (nSPS) is 16.9. The third-order valence-corrected chi connectivity index (χ3v) is 5.26. The van der Waals surface area contributed by atoms with Gasteiger partial charge in [0.25, 0.3) is 0 Å². The maximum Gasteiger partial charge on any atom is 0.186 e. The number of aryl methyl sites for hydroxylation is 2. The number of benzene rings is 2. The zero-order valence-corrected chi connectivity index (χ0v) is 17.4. The monoisotopic (exact) mass is 426 g/mol. The lowest BCUT2D eigenvalue weighted by Crippen LogP contribution is -2.15. The van der Waals surface area contributed by atoms with Gasteiger partial charge in [0, 0.05) is 24.8 Å². The van der Waals surface area contributed by atoms with Crippen LogP contribution in [0.4, 0.5) is 0 Å². The Labute approximate surface area is 180 Å². The van der Waals surface area contributed by atoms with Gasteiger partial charge in [0.15, 0.2) is 29.8 Å². The maximum absolute atomic E-state index is 12.4. The van der Waals surface area contributed by atoms with Crippen LogP contribution in [-0.2, 0) is 24.1 Å². The minimum Gasteiger partial charge on any atom is -0.504 e. The average molecular weight is 426 g/mol. The summed E-state index contributed by atoms with van der Waals surface area (Å²) in [6.07, 6.45) is 0.921. The summed E-state index contributed by atoms with van der Waals surface area (Å²) < 4.78 is 10.4. The van der Waals surface area contributed by atoms with Crippen molar-refractivity contribution in [3.8, 4) is 34.8 Å². The molecular formula is C24H26O7. The second-order valence-electron chi connectivity index (χ2n) is 7.44. The number of ether oxygens (including phenoxy) is 2. The first-order chi connectivity index (χ1) is 14.9. The predicted molar refractivity (Wildman–Crippen MR) is 113 cm³/mol. The van der Waals surface area contributed by atoms with E-state index in [1.165, 1.54) is 13.2 Å². The van der Waals surface area contributed by atoms with Crippen molar-refractivity contribution < 1.29 is 34.7 Å². The molecule has 164 valence electrons. The molecule has 7 heteroatoms. The molecule has 0 heterocycles. The van der Waals surface area contributed by atoms with Gasteiger partial charge >= 0.3 is 0 Å². The Balaban J connectivity index is 2.07. The molecule has 0 radical (unpaired) electrons. The number of Topliss-reactive ketones (excluding diaryl/α,β-unsaturated/α-hetero) is 1. The van der Waals surface area contributed by atoms with Crippen molar-refractivity contribution in [1.82, 2.24) is 0 Å². The van der Waals surface area contributed by atoms with Gasteiger partial charge in [-0.05, 0) is 42.5 Å². The number of aliphatic hydroxyl groups is 2. The van der Waals surface area contributed by atoms with Crippen molar-refractivity contribution in [3.05, 3.63) is 46.5 Å². The molecule has 31 heavy (non-hydrogen) atoms. The maximum atomic E-state index is 12.4. The molecule has 0 fully saturated rings. The number of phenols is 2. The predicted octanol–water partition coefficient (Wildman–Crippen LogP) is 2.23. The van der Waals surface area contributed by atoms with Crippen LogP contribution in [0.1, 0.15) is 41.5 Å². The SMILES string of the molecule is COc1c(O)ccc2c1C#CCc1cc(cc(OCO)c1O)CCC(O)CC(=O)CC2. The molecule has 1 unspecified atom stereocenters. The fourth-order valence-corrected chi connectivity index (χ4v) is 3.65. The molecule has 0 amide bonds. The lowest BCUT2D eigenvalue weighted by molar-refractivity contribution is -0.121. The van der Waals surface area contributed by atoms with E-state index in [2.05, 4.69) is 11.8 Å². The van der Waals surface area contributed by atoms with Gasteiger partial charge in [-0.3, -0.25) is 4.79 Å². The Morgan fingerprint density at radius 3 is 2.68 bits per heavy atom. The first-order valence-electron chi connectivity index (χ1n) is 10.1. The quantitative estimate of drug-likeness (QED) is 0.439. The summed E-state index contributed by atoms with van der Waals surface area (Å²) in [5.74, 6) is 6.12. The van der Waals surface area contributed by atoms with E-state index in [4.69, 9.17) is 14.6 Å². The summed E-state index contributed by atoms with van der Waals surface area (Å²) in [7, 11) is 1.43. The van der Waals surface area contributed by atoms with Crippen LogP contribution in [0.25, 0.3) is 0 Å². The van der Waals surface area contributed by atoms with E-state index >= 15 is 0 Å². The summed E-state index contributed by atoms with van der Waals surface area (Å²) in [5.41, 5.74) is 2.53. The van der Waals surface area contributed by atoms with E-state index in [0.717, 1.165) is 11.1 Å². The van der Waals surface area contributed by atoms with E-state index in [1.54, 1.807) is 18.2 Å². The van der Waals surface area contributed by atoms with Crippen LogP contribution in [-0.4, -0.2) is 46.2 Å². The van der Waals surface area contributed by atoms with Gasteiger partial charge in [-0.25, -0.2) is 0 Å². The van der Waals surface area contributed by atoms with Crippen molar-refractivity contribution in [2.24, 2.45) is 0 Å². The molecule has 3 rings (SSSR count). The molecule has 2 aromatic rings. The number of fused-ring (bicyclic) bond motifs is 3. The minimum atomic E-state index is -0.790. The van der Waals surface area contributed by atoms with Gasteiger partial charge in [0.2, 0.25) is 0 Å². The first-order valence-corrected chi connectivity index (χ1v) is 10.1. The molecule has 4 N–H and O–H groups in total. The Bertz CT molecular complexity index is 1020. The van der Waals surface area contributed by atoms with E-state index < -0.39 is 12.9 Å². The minimum absolute atomic E-state index is 0.0428. The number of methoxy groups -OCH3 is 1. The Morgan fingerprint density at radius 2 is 1.94 bits per heavy atom. The highest BCUT2D eigenvalue weighted by molar-refractivity contribution is 5.79. The number of hydrogen-bond donors (Lipinski definition) is 4. The number of ketones is 1. The highest BCUT2D eigenvalue weighted by atomic mass is 16.6. The van der Waals surface area contributed by atoms with Gasteiger partial charge in [-0.2, -0.15) is 0 Å². The number of carbonyl (C=O) groups excluding carboxylic acids is 1. The van der Waals surface area contributed by atoms with E-state index in [-0.39, 0.29) is 48.0 Å². The van der Waals surface area contributed by atoms with Crippen LogP contribution in [0, 0.1) is 11.8 Å². The molecule has 1 aliphatic carbocycles. The molecule has 0 aromatic heterocycles. The molecule has 2 aromatic carbocycles. The van der Waals surface area contributed by atoms with E-state index in [0.29, 0.717) is 30.4 Å². The molecule has 0 saturated carbocycles. The summed E-state index contributed by atoms with van der Waals surface area (Å²) in [6.45, 7) is -0.594. The fourth-order valence-electron chi connectivity index (χ4n) is 3.65. The lowest BCUT2D eigenvalue weighted by atomic mass is 9.97. The van der Waals surface area contributed by atoms with Gasteiger partial charge in [-0.1, -0.05) is 24.0 Å². The number of aromatic hydroxyl groups is 2. The van der Waals surface area contributed by atoms with Crippen molar-refractivity contribution in [1.29, 1.82) is 0 Å². The van der Waals surface area contributed by atoms with Crippen molar-refractivity contribution >= 4 is 5.78 Å². The Hall–Kier alpha value is -3.21. The fraction of sp³-hybridized carbons (Fsp3) is 0.375. The van der Waals surface area contributed by atoms with Crippen molar-refractivity contribution in [3.63, 3.8) is 0 Å². The Kier molecular flexibility index (Phi) is 7.40. The number of hydrogen-bond acceptors (Lipinski definition) is 7. The third-order valence-electron chi connectivity index (χ3n) is 5.26. The van der Waals surface area contributed by atoms with Crippen LogP contribution >= 0.6 is 0 Å². The zero-order chi connectivity index (χ0) is 22.4. The highest BCUT2D eigenvalue weighted by Gasteiger charge is 2.17. The number of rotatable bonds is 3. The van der Waals surface area contributed by atoms with Crippen molar-refractivity contribution in [2.75, 3.05) is 13.9 Å². The Morgan fingerprint density at radius 1 is 1.13 bits per heavy atom. The van der Waals surface area contributed by atoms with Gasteiger partial charge in [-0.15, -0.1) is 0 Å².